The summed E-state index contributed by atoms with van der Waals surface area (Å²) in [5.41, 5.74) is 2.15. The maximum atomic E-state index is 13.5. The summed E-state index contributed by atoms with van der Waals surface area (Å²) in [5.74, 6) is -0.0848. The van der Waals surface area contributed by atoms with E-state index in [1.54, 1.807) is 24.3 Å². The summed E-state index contributed by atoms with van der Waals surface area (Å²) >= 11 is 5.94. The monoisotopic (exact) mass is 511 g/mol. The van der Waals surface area contributed by atoms with Crippen molar-refractivity contribution in [1.82, 2.24) is 0 Å². The van der Waals surface area contributed by atoms with E-state index in [2.05, 4.69) is 10.2 Å². The predicted octanol–water partition coefficient (Wildman–Crippen LogP) is 4.93. The molecule has 35 heavy (non-hydrogen) atoms. The first-order chi connectivity index (χ1) is 16.9. The average molecular weight is 512 g/mol. The number of ether oxygens (including phenoxy) is 1. The molecule has 0 spiro atoms. The van der Waals surface area contributed by atoms with Crippen molar-refractivity contribution >= 4 is 44.6 Å². The normalized spacial score (nSPS) is 17.9. The number of hydrogen-bond donors (Lipinski definition) is 1. The fourth-order valence-electron chi connectivity index (χ4n) is 4.43. The van der Waals surface area contributed by atoms with E-state index in [4.69, 9.17) is 16.3 Å². The third kappa shape index (κ3) is 4.94. The Labute approximate surface area is 210 Å². The number of para-hydroxylation sites is 2. The van der Waals surface area contributed by atoms with Gasteiger partial charge in [0.25, 0.3) is 15.9 Å². The van der Waals surface area contributed by atoms with Crippen LogP contribution >= 0.6 is 11.6 Å². The van der Waals surface area contributed by atoms with Gasteiger partial charge in [-0.2, -0.15) is 0 Å². The van der Waals surface area contributed by atoms with Crippen molar-refractivity contribution in [2.75, 3.05) is 34.2 Å². The first-order valence-corrected chi connectivity index (χ1v) is 13.4. The Balaban J connectivity index is 1.36. The van der Waals surface area contributed by atoms with Crippen LogP contribution in [0.4, 0.5) is 17.1 Å². The largest absolute Gasteiger partial charge is 0.476 e. The van der Waals surface area contributed by atoms with Crippen LogP contribution in [-0.2, 0) is 14.8 Å². The molecule has 7 nitrogen and oxygen atoms in total. The molecule has 0 saturated carbocycles. The molecule has 3 aromatic carbocycles. The Hall–Kier alpha value is -3.23. The second kappa shape index (κ2) is 9.79. The van der Waals surface area contributed by atoms with Crippen molar-refractivity contribution in [2.45, 2.75) is 30.3 Å². The van der Waals surface area contributed by atoms with Crippen molar-refractivity contribution in [3.05, 3.63) is 77.8 Å². The third-order valence-electron chi connectivity index (χ3n) is 6.28. The Morgan fingerprint density at radius 2 is 1.60 bits per heavy atom. The van der Waals surface area contributed by atoms with E-state index >= 15 is 0 Å². The maximum absolute atomic E-state index is 13.5. The number of nitrogens with one attached hydrogen (secondary N) is 1. The van der Waals surface area contributed by atoms with Gasteiger partial charge in [-0.1, -0.05) is 23.7 Å². The molecule has 1 N–H and O–H groups in total. The fourth-order valence-corrected chi connectivity index (χ4v) is 6.03. The third-order valence-corrected chi connectivity index (χ3v) is 8.33. The molecule has 1 amide bonds. The van der Waals surface area contributed by atoms with E-state index in [1.165, 1.54) is 47.8 Å². The Bertz CT molecular complexity index is 1310. The number of hydrogen-bond acceptors (Lipinski definition) is 5. The van der Waals surface area contributed by atoms with Crippen LogP contribution in [0.25, 0.3) is 0 Å². The van der Waals surface area contributed by atoms with Crippen LogP contribution < -0.4 is 19.3 Å². The minimum Gasteiger partial charge on any atom is -0.476 e. The van der Waals surface area contributed by atoms with Crippen LogP contribution in [-0.4, -0.2) is 40.1 Å². The Kier molecular flexibility index (Phi) is 6.58. The molecular formula is C26H26ClN3O4S. The van der Waals surface area contributed by atoms with Crippen molar-refractivity contribution in [2.24, 2.45) is 0 Å². The summed E-state index contributed by atoms with van der Waals surface area (Å²) in [5, 5.41) is 3.31. The fraction of sp³-hybridized carbons (Fsp3) is 0.269. The number of benzene rings is 3. The summed E-state index contributed by atoms with van der Waals surface area (Å²) in [6.07, 6.45) is 2.62. The van der Waals surface area contributed by atoms with Crippen LogP contribution in [0.3, 0.4) is 0 Å². The number of nitrogens with zero attached hydrogens (tertiary/aromatic N) is 2. The van der Waals surface area contributed by atoms with E-state index in [9.17, 15) is 13.2 Å². The van der Waals surface area contributed by atoms with Gasteiger partial charge >= 0.3 is 0 Å². The molecule has 2 heterocycles. The van der Waals surface area contributed by atoms with Gasteiger partial charge in [-0.15, -0.1) is 0 Å². The first kappa shape index (κ1) is 23.5. The molecule has 5 rings (SSSR count). The predicted molar refractivity (Wildman–Crippen MR) is 138 cm³/mol. The molecule has 182 valence electrons. The number of fused-ring (bicyclic) bond motifs is 1. The Morgan fingerprint density at radius 1 is 0.914 bits per heavy atom. The van der Waals surface area contributed by atoms with E-state index in [-0.39, 0.29) is 11.4 Å². The molecule has 9 heteroatoms. The highest BCUT2D eigenvalue weighted by molar-refractivity contribution is 7.92. The molecule has 3 aromatic rings. The standard InChI is InChI=1S/C26H26ClN3O4S/c27-19-8-14-22(15-9-19)35(32,33)30-18-25(34-24-7-3-2-6-23(24)30)26(31)28-20-10-12-21(13-11-20)29-16-4-1-5-17-29/h2-3,6-15,25H,1,4-5,16-18H2,(H,28,31)/t25-/m1/s1. The molecular weight excluding hydrogens is 486 g/mol. The van der Waals surface area contributed by atoms with Crippen molar-refractivity contribution in [3.63, 3.8) is 0 Å². The van der Waals surface area contributed by atoms with Crippen molar-refractivity contribution in [3.8, 4) is 5.75 Å². The minimum atomic E-state index is -3.94. The lowest BCUT2D eigenvalue weighted by molar-refractivity contribution is -0.122. The maximum Gasteiger partial charge on any atom is 0.267 e. The SMILES string of the molecule is O=C(Nc1ccc(N2CCCCC2)cc1)[C@H]1CN(S(=O)(=O)c2ccc(Cl)cc2)c2ccccc2O1. The van der Waals surface area contributed by atoms with Gasteiger partial charge in [0.2, 0.25) is 0 Å². The molecule has 0 radical (unpaired) electrons. The molecule has 1 fully saturated rings. The number of amides is 1. The topological polar surface area (TPSA) is 79.0 Å². The van der Waals surface area contributed by atoms with Gasteiger partial charge in [0.15, 0.2) is 6.10 Å². The van der Waals surface area contributed by atoms with Crippen LogP contribution in [0.15, 0.2) is 77.7 Å². The number of sulfonamides is 1. The number of carbonyl (C=O) groups is 1. The molecule has 0 aromatic heterocycles. The molecule has 1 atom stereocenters. The quantitative estimate of drug-likeness (QED) is 0.525. The second-order valence-corrected chi connectivity index (χ2v) is 10.9. The highest BCUT2D eigenvalue weighted by Crippen LogP contribution is 2.37. The smallest absolute Gasteiger partial charge is 0.267 e. The van der Waals surface area contributed by atoms with Crippen LogP contribution in [0.2, 0.25) is 5.02 Å². The summed E-state index contributed by atoms with van der Waals surface area (Å²) in [7, 11) is -3.94. The summed E-state index contributed by atoms with van der Waals surface area (Å²) in [6, 6.07) is 20.5. The van der Waals surface area contributed by atoms with Crippen molar-refractivity contribution < 1.29 is 17.9 Å². The van der Waals surface area contributed by atoms with Crippen LogP contribution in [0.1, 0.15) is 19.3 Å². The van der Waals surface area contributed by atoms with Crippen LogP contribution in [0, 0.1) is 0 Å². The summed E-state index contributed by atoms with van der Waals surface area (Å²) < 4.78 is 34.1. The van der Waals surface area contributed by atoms with Crippen LogP contribution in [0.5, 0.6) is 5.75 Å². The summed E-state index contributed by atoms with van der Waals surface area (Å²) in [6.45, 7) is 1.93. The van der Waals surface area contributed by atoms with Crippen molar-refractivity contribution in [1.29, 1.82) is 0 Å². The zero-order valence-corrected chi connectivity index (χ0v) is 20.6. The number of anilines is 3. The lowest BCUT2D eigenvalue weighted by Crippen LogP contribution is -2.48. The van der Waals surface area contributed by atoms with Gasteiger partial charge < -0.3 is 15.0 Å². The molecule has 1 saturated heterocycles. The van der Waals surface area contributed by atoms with E-state index in [0.29, 0.717) is 22.1 Å². The average Bonchev–Trinajstić information content (AvgIpc) is 2.89. The van der Waals surface area contributed by atoms with Gasteiger partial charge in [-0.3, -0.25) is 9.10 Å². The van der Waals surface area contributed by atoms with Gasteiger partial charge in [0.05, 0.1) is 17.1 Å². The highest BCUT2D eigenvalue weighted by Gasteiger charge is 2.37. The first-order valence-electron chi connectivity index (χ1n) is 11.6. The van der Waals surface area contributed by atoms with E-state index in [0.717, 1.165) is 18.8 Å². The number of piperidine rings is 1. The van der Waals surface area contributed by atoms with Gasteiger partial charge in [-0.05, 0) is 79.9 Å². The molecule has 0 aliphatic carbocycles. The number of rotatable bonds is 5. The zero-order valence-electron chi connectivity index (χ0n) is 19.1. The molecule has 0 unspecified atom stereocenters. The van der Waals surface area contributed by atoms with Gasteiger partial charge in [0.1, 0.15) is 5.75 Å². The zero-order chi connectivity index (χ0) is 24.4. The van der Waals surface area contributed by atoms with Gasteiger partial charge in [0, 0.05) is 29.5 Å². The number of carbonyl (C=O) groups excluding carboxylic acids is 1. The lowest BCUT2D eigenvalue weighted by Gasteiger charge is -2.34. The molecule has 0 bridgehead atoms. The second-order valence-electron chi connectivity index (χ2n) is 8.65. The van der Waals surface area contributed by atoms with E-state index in [1.807, 2.05) is 24.3 Å². The minimum absolute atomic E-state index is 0.0889. The summed E-state index contributed by atoms with van der Waals surface area (Å²) in [4.78, 5) is 15.6. The van der Waals surface area contributed by atoms with E-state index < -0.39 is 22.0 Å². The lowest BCUT2D eigenvalue weighted by atomic mass is 10.1. The number of halogens is 1. The molecule has 2 aliphatic heterocycles. The molecule has 2 aliphatic rings. The van der Waals surface area contributed by atoms with Gasteiger partial charge in [-0.25, -0.2) is 8.42 Å². The highest BCUT2D eigenvalue weighted by atomic mass is 35.5. The Morgan fingerprint density at radius 3 is 2.31 bits per heavy atom.